The van der Waals surface area contributed by atoms with Crippen LogP contribution in [0.2, 0.25) is 0 Å². The van der Waals surface area contributed by atoms with Crippen LogP contribution in [0.3, 0.4) is 0 Å². The predicted molar refractivity (Wildman–Crippen MR) is 88.7 cm³/mol. The fourth-order valence-corrected chi connectivity index (χ4v) is 3.55. The lowest BCUT2D eigenvalue weighted by Gasteiger charge is -2.31. The Hall–Kier alpha value is -2.32. The highest BCUT2D eigenvalue weighted by atomic mass is 32.1. The highest BCUT2D eigenvalue weighted by Gasteiger charge is 2.28. The number of aromatic nitrogens is 4. The van der Waals surface area contributed by atoms with Crippen LogP contribution >= 0.6 is 11.3 Å². The van der Waals surface area contributed by atoms with Gasteiger partial charge in [-0.25, -0.2) is 9.97 Å². The smallest absolute Gasteiger partial charge is 0.257 e. The van der Waals surface area contributed by atoms with Gasteiger partial charge in [0, 0.05) is 25.1 Å². The minimum absolute atomic E-state index is 0.0178. The number of hydrogen-bond donors (Lipinski definition) is 0. The Morgan fingerprint density at radius 2 is 2.25 bits per heavy atom. The molecule has 0 fully saturated rings. The van der Waals surface area contributed by atoms with Gasteiger partial charge in [-0.1, -0.05) is 6.07 Å². The summed E-state index contributed by atoms with van der Waals surface area (Å²) in [5.41, 5.74) is 2.09. The van der Waals surface area contributed by atoms with Crippen LogP contribution in [0, 0.1) is 0 Å². The van der Waals surface area contributed by atoms with Gasteiger partial charge >= 0.3 is 0 Å². The SMILES string of the molecule is COc1ncnc2c1CN(C(C)c1nnc(-c3cccs3)o1)CC2. The van der Waals surface area contributed by atoms with E-state index in [0.29, 0.717) is 24.2 Å². The predicted octanol–water partition coefficient (Wildman–Crippen LogP) is 2.72. The largest absolute Gasteiger partial charge is 0.481 e. The Morgan fingerprint density at radius 1 is 1.33 bits per heavy atom. The van der Waals surface area contributed by atoms with Gasteiger partial charge in [0.15, 0.2) is 0 Å². The molecule has 4 rings (SSSR count). The second-order valence-corrected chi connectivity index (χ2v) is 6.58. The van der Waals surface area contributed by atoms with Crippen molar-refractivity contribution < 1.29 is 9.15 Å². The zero-order valence-corrected chi connectivity index (χ0v) is 14.3. The summed E-state index contributed by atoms with van der Waals surface area (Å²) in [6.07, 6.45) is 2.41. The average Bonchev–Trinajstić information content (AvgIpc) is 3.31. The molecule has 1 aliphatic heterocycles. The number of thiophene rings is 1. The van der Waals surface area contributed by atoms with Crippen molar-refractivity contribution in [1.82, 2.24) is 25.1 Å². The monoisotopic (exact) mass is 343 g/mol. The summed E-state index contributed by atoms with van der Waals surface area (Å²) in [6.45, 7) is 3.66. The fourth-order valence-electron chi connectivity index (χ4n) is 2.90. The molecule has 3 aromatic heterocycles. The summed E-state index contributed by atoms with van der Waals surface area (Å²) in [5, 5.41) is 10.4. The van der Waals surface area contributed by atoms with Gasteiger partial charge in [-0.05, 0) is 18.4 Å². The Labute approximate surface area is 143 Å². The van der Waals surface area contributed by atoms with Crippen LogP contribution in [0.15, 0.2) is 28.3 Å². The standard InChI is InChI=1S/C16H17N5O2S/c1-10(14-19-20-16(23-14)13-4-3-7-24-13)21-6-5-12-11(8-21)15(22-2)18-9-17-12/h3-4,7,9-10H,5-6,8H2,1-2H3. The van der Waals surface area contributed by atoms with E-state index < -0.39 is 0 Å². The van der Waals surface area contributed by atoms with Gasteiger partial charge in [0.1, 0.15) is 6.33 Å². The Kier molecular flexibility index (Phi) is 3.99. The first kappa shape index (κ1) is 15.2. The van der Waals surface area contributed by atoms with Crippen molar-refractivity contribution in [2.45, 2.75) is 25.9 Å². The van der Waals surface area contributed by atoms with Gasteiger partial charge in [-0.2, -0.15) is 0 Å². The normalized spacial score (nSPS) is 15.9. The quantitative estimate of drug-likeness (QED) is 0.721. The van der Waals surface area contributed by atoms with E-state index in [2.05, 4.69) is 32.0 Å². The molecule has 7 nitrogen and oxygen atoms in total. The zero-order valence-electron chi connectivity index (χ0n) is 13.5. The maximum absolute atomic E-state index is 5.87. The lowest BCUT2D eigenvalue weighted by Crippen LogP contribution is -2.34. The minimum Gasteiger partial charge on any atom is -0.481 e. The molecule has 4 heterocycles. The van der Waals surface area contributed by atoms with Gasteiger partial charge in [0.25, 0.3) is 5.89 Å². The molecule has 0 aromatic carbocycles. The molecule has 1 atom stereocenters. The van der Waals surface area contributed by atoms with E-state index in [9.17, 15) is 0 Å². The van der Waals surface area contributed by atoms with Gasteiger partial charge in [0.05, 0.1) is 23.7 Å². The highest BCUT2D eigenvalue weighted by molar-refractivity contribution is 7.13. The third kappa shape index (κ3) is 2.67. The molecule has 0 spiro atoms. The van der Waals surface area contributed by atoms with Crippen LogP contribution in [0.4, 0.5) is 0 Å². The van der Waals surface area contributed by atoms with E-state index in [1.54, 1.807) is 24.8 Å². The third-order valence-corrected chi connectivity index (χ3v) is 5.12. The van der Waals surface area contributed by atoms with Crippen molar-refractivity contribution in [2.75, 3.05) is 13.7 Å². The van der Waals surface area contributed by atoms with Gasteiger partial charge in [-0.15, -0.1) is 21.5 Å². The number of nitrogens with zero attached hydrogens (tertiary/aromatic N) is 5. The molecular formula is C16H17N5O2S. The number of rotatable bonds is 4. The summed E-state index contributed by atoms with van der Waals surface area (Å²) < 4.78 is 11.2. The molecule has 0 saturated carbocycles. The van der Waals surface area contributed by atoms with Gasteiger partial charge < -0.3 is 9.15 Å². The number of methoxy groups -OCH3 is 1. The lowest BCUT2D eigenvalue weighted by molar-refractivity contribution is 0.162. The molecule has 8 heteroatoms. The molecule has 0 radical (unpaired) electrons. The first-order chi connectivity index (χ1) is 11.8. The molecular weight excluding hydrogens is 326 g/mol. The van der Waals surface area contributed by atoms with Crippen LogP contribution in [0.25, 0.3) is 10.8 Å². The molecule has 0 N–H and O–H groups in total. The van der Waals surface area contributed by atoms with Crippen LogP contribution < -0.4 is 4.74 Å². The number of ether oxygens (including phenoxy) is 1. The van der Waals surface area contributed by atoms with Gasteiger partial charge in [0.2, 0.25) is 11.8 Å². The average molecular weight is 343 g/mol. The summed E-state index contributed by atoms with van der Waals surface area (Å²) >= 11 is 1.59. The minimum atomic E-state index is 0.0178. The topological polar surface area (TPSA) is 77.2 Å². The Bertz CT molecular complexity index is 819. The Balaban J connectivity index is 1.56. The van der Waals surface area contributed by atoms with E-state index in [1.165, 1.54) is 0 Å². The van der Waals surface area contributed by atoms with Crippen molar-refractivity contribution in [3.05, 3.63) is 41.0 Å². The molecule has 124 valence electrons. The van der Waals surface area contributed by atoms with E-state index in [-0.39, 0.29) is 6.04 Å². The molecule has 0 saturated heterocycles. The maximum Gasteiger partial charge on any atom is 0.257 e. The van der Waals surface area contributed by atoms with Crippen molar-refractivity contribution in [2.24, 2.45) is 0 Å². The number of fused-ring (bicyclic) bond motifs is 1. The number of hydrogen-bond acceptors (Lipinski definition) is 8. The summed E-state index contributed by atoms with van der Waals surface area (Å²) in [5.74, 6) is 1.84. The lowest BCUT2D eigenvalue weighted by atomic mass is 10.0. The first-order valence-electron chi connectivity index (χ1n) is 7.74. The Morgan fingerprint density at radius 3 is 3.04 bits per heavy atom. The van der Waals surface area contributed by atoms with Crippen molar-refractivity contribution >= 4 is 11.3 Å². The molecule has 3 aromatic rings. The molecule has 0 bridgehead atoms. The summed E-state index contributed by atoms with van der Waals surface area (Å²) in [7, 11) is 1.64. The molecule has 0 amide bonds. The van der Waals surface area contributed by atoms with Crippen molar-refractivity contribution in [3.8, 4) is 16.6 Å². The second-order valence-electron chi connectivity index (χ2n) is 5.63. The summed E-state index contributed by atoms with van der Waals surface area (Å²) in [4.78, 5) is 11.8. The molecule has 24 heavy (non-hydrogen) atoms. The molecule has 1 unspecified atom stereocenters. The molecule has 0 aliphatic carbocycles. The third-order valence-electron chi connectivity index (χ3n) is 4.26. The van der Waals surface area contributed by atoms with Gasteiger partial charge in [-0.3, -0.25) is 4.90 Å². The first-order valence-corrected chi connectivity index (χ1v) is 8.62. The maximum atomic E-state index is 5.87. The van der Waals surface area contributed by atoms with Crippen LogP contribution in [0.1, 0.15) is 30.1 Å². The van der Waals surface area contributed by atoms with Crippen LogP contribution in [0.5, 0.6) is 5.88 Å². The van der Waals surface area contributed by atoms with Crippen molar-refractivity contribution in [1.29, 1.82) is 0 Å². The fraction of sp³-hybridized carbons (Fsp3) is 0.375. The van der Waals surface area contributed by atoms with Crippen LogP contribution in [-0.4, -0.2) is 38.7 Å². The van der Waals surface area contributed by atoms with E-state index in [1.807, 2.05) is 17.5 Å². The van der Waals surface area contributed by atoms with Crippen molar-refractivity contribution in [3.63, 3.8) is 0 Å². The van der Waals surface area contributed by atoms with E-state index in [0.717, 1.165) is 29.1 Å². The van der Waals surface area contributed by atoms with E-state index >= 15 is 0 Å². The summed E-state index contributed by atoms with van der Waals surface area (Å²) in [6, 6.07) is 3.97. The molecule has 1 aliphatic rings. The van der Waals surface area contributed by atoms with E-state index in [4.69, 9.17) is 9.15 Å². The van der Waals surface area contributed by atoms with Crippen LogP contribution in [-0.2, 0) is 13.0 Å². The second kappa shape index (κ2) is 6.29. The highest BCUT2D eigenvalue weighted by Crippen LogP contribution is 2.31. The zero-order chi connectivity index (χ0) is 16.5.